The Morgan fingerprint density at radius 3 is 2.38 bits per heavy atom. The van der Waals surface area contributed by atoms with E-state index in [1.165, 1.54) is 15.9 Å². The molecule has 1 unspecified atom stereocenters. The van der Waals surface area contributed by atoms with Crippen molar-refractivity contribution < 1.29 is 34.1 Å². The average molecular weight is 510 g/mol. The Hall–Kier alpha value is -3.60. The van der Waals surface area contributed by atoms with E-state index in [1.807, 2.05) is 6.92 Å². The van der Waals surface area contributed by atoms with E-state index in [0.29, 0.717) is 29.7 Å². The van der Waals surface area contributed by atoms with Gasteiger partial charge in [0.05, 0.1) is 0 Å². The topological polar surface area (TPSA) is 136 Å². The summed E-state index contributed by atoms with van der Waals surface area (Å²) in [5.41, 5.74) is -0.611. The lowest BCUT2D eigenvalue weighted by Gasteiger charge is -2.38. The molecule has 2 aromatic carbocycles. The second-order valence-electron chi connectivity index (χ2n) is 9.51. The summed E-state index contributed by atoms with van der Waals surface area (Å²) in [7, 11) is 0. The summed E-state index contributed by atoms with van der Waals surface area (Å²) in [5.74, 6) is -1.65. The van der Waals surface area contributed by atoms with Crippen molar-refractivity contribution in [2.24, 2.45) is 0 Å². The minimum Gasteiger partial charge on any atom is -0.380 e. The van der Waals surface area contributed by atoms with Crippen LogP contribution in [0.4, 0.5) is 9.59 Å². The van der Waals surface area contributed by atoms with Crippen LogP contribution in [-0.2, 0) is 9.53 Å². The summed E-state index contributed by atoms with van der Waals surface area (Å²) >= 11 is 0. The van der Waals surface area contributed by atoms with Gasteiger partial charge in [-0.15, -0.1) is 0 Å². The molecule has 0 aromatic heterocycles. The highest BCUT2D eigenvalue weighted by molar-refractivity contribution is 6.08. The molecule has 2 saturated heterocycles. The van der Waals surface area contributed by atoms with E-state index in [1.54, 1.807) is 56.3 Å². The van der Waals surface area contributed by atoms with E-state index in [0.717, 1.165) is 0 Å². The lowest BCUT2D eigenvalue weighted by molar-refractivity contribution is -0.149. The highest BCUT2D eigenvalue weighted by atomic mass is 16.5. The van der Waals surface area contributed by atoms with E-state index in [9.17, 15) is 29.4 Å². The summed E-state index contributed by atoms with van der Waals surface area (Å²) in [6, 6.07) is 12.0. The maximum Gasteiger partial charge on any atom is 0.328 e. The normalized spacial score (nSPS) is 24.7. The zero-order valence-electron chi connectivity index (χ0n) is 21.0. The van der Waals surface area contributed by atoms with Crippen molar-refractivity contribution in [1.29, 1.82) is 0 Å². The van der Waals surface area contributed by atoms with Gasteiger partial charge >= 0.3 is 12.1 Å². The molecule has 0 bridgehead atoms. The van der Waals surface area contributed by atoms with Crippen LogP contribution in [0.3, 0.4) is 0 Å². The van der Waals surface area contributed by atoms with Crippen LogP contribution in [-0.4, -0.2) is 74.8 Å². The van der Waals surface area contributed by atoms with E-state index < -0.39 is 54.1 Å². The molecule has 2 aliphatic rings. The molecule has 10 nitrogen and oxygen atoms in total. The standard InChI is InChI=1S/C27H31N3O7/c1-4-13-29-15-30(26(35)28-25(29)34)20-14-27(36,23(33)19-12-8-6-10-17(19)3)24(37-20)22(32)21(31)18-11-7-5-9-16(18)2/h5-12,20-21,24,31,36H,4,13-15H2,1-3H3,(H,28,34,35)/t20-,21?,24-,27-/m1/s1. The van der Waals surface area contributed by atoms with Crippen LogP contribution >= 0.6 is 0 Å². The number of imide groups is 1. The second-order valence-corrected chi connectivity index (χ2v) is 9.51. The van der Waals surface area contributed by atoms with E-state index in [2.05, 4.69) is 5.32 Å². The molecule has 10 heteroatoms. The molecule has 2 aliphatic heterocycles. The maximum atomic E-state index is 13.7. The number of ether oxygens (including phenoxy) is 1. The first-order valence-electron chi connectivity index (χ1n) is 12.2. The first-order chi connectivity index (χ1) is 17.6. The van der Waals surface area contributed by atoms with Crippen molar-refractivity contribution in [1.82, 2.24) is 15.1 Å². The molecule has 0 aliphatic carbocycles. The number of rotatable bonds is 8. The van der Waals surface area contributed by atoms with Gasteiger partial charge in [-0.1, -0.05) is 55.5 Å². The number of ketones is 2. The fraction of sp³-hybridized carbons (Fsp3) is 0.407. The number of aliphatic hydroxyl groups excluding tert-OH is 1. The number of amides is 4. The Bertz CT molecular complexity index is 1230. The van der Waals surface area contributed by atoms with Crippen molar-refractivity contribution in [3.63, 3.8) is 0 Å². The van der Waals surface area contributed by atoms with Crippen LogP contribution < -0.4 is 5.32 Å². The number of aryl methyl sites for hydroxylation is 2. The zero-order valence-corrected chi connectivity index (χ0v) is 21.0. The largest absolute Gasteiger partial charge is 0.380 e. The summed E-state index contributed by atoms with van der Waals surface area (Å²) in [5, 5.41) is 25.0. The second kappa shape index (κ2) is 10.4. The molecule has 0 radical (unpaired) electrons. The molecular formula is C27H31N3O7. The Balaban J connectivity index is 1.71. The smallest absolute Gasteiger partial charge is 0.328 e. The highest BCUT2D eigenvalue weighted by Gasteiger charge is 2.59. The lowest BCUT2D eigenvalue weighted by atomic mass is 9.81. The van der Waals surface area contributed by atoms with Crippen molar-refractivity contribution in [2.75, 3.05) is 13.2 Å². The third-order valence-electron chi connectivity index (χ3n) is 6.93. The van der Waals surface area contributed by atoms with Gasteiger partial charge in [-0.3, -0.25) is 19.8 Å². The van der Waals surface area contributed by atoms with Crippen molar-refractivity contribution in [3.05, 3.63) is 70.8 Å². The summed E-state index contributed by atoms with van der Waals surface area (Å²) in [4.78, 5) is 54.8. The van der Waals surface area contributed by atoms with Crippen LogP contribution in [0, 0.1) is 13.8 Å². The molecule has 0 spiro atoms. The van der Waals surface area contributed by atoms with E-state index in [-0.39, 0.29) is 12.2 Å². The Labute approximate surface area is 214 Å². The van der Waals surface area contributed by atoms with E-state index >= 15 is 0 Å². The number of carbonyl (C=O) groups is 4. The van der Waals surface area contributed by atoms with Gasteiger partial charge in [-0.2, -0.15) is 0 Å². The number of aliphatic hydroxyl groups is 2. The van der Waals surface area contributed by atoms with Crippen LogP contribution in [0.5, 0.6) is 0 Å². The zero-order chi connectivity index (χ0) is 26.9. The van der Waals surface area contributed by atoms with Gasteiger partial charge in [-0.05, 0) is 37.0 Å². The number of carbonyl (C=O) groups excluding carboxylic acids is 4. The van der Waals surface area contributed by atoms with Crippen molar-refractivity contribution in [2.45, 2.75) is 57.6 Å². The number of urea groups is 2. The van der Waals surface area contributed by atoms with Gasteiger partial charge in [0.15, 0.2) is 23.3 Å². The quantitative estimate of drug-likeness (QED) is 0.465. The first-order valence-corrected chi connectivity index (χ1v) is 12.2. The number of Topliss-reactive ketones (excluding diaryl/α,β-unsaturated/α-hetero) is 2. The minimum atomic E-state index is -2.37. The van der Waals surface area contributed by atoms with E-state index in [4.69, 9.17) is 4.74 Å². The van der Waals surface area contributed by atoms with Crippen molar-refractivity contribution in [3.8, 4) is 0 Å². The first kappa shape index (κ1) is 26.5. The molecule has 4 amide bonds. The summed E-state index contributed by atoms with van der Waals surface area (Å²) in [6.45, 7) is 5.53. The highest BCUT2D eigenvalue weighted by Crippen LogP contribution is 2.39. The van der Waals surface area contributed by atoms with Gasteiger partial charge in [0, 0.05) is 18.5 Å². The van der Waals surface area contributed by atoms with Gasteiger partial charge in [0.25, 0.3) is 0 Å². The third kappa shape index (κ3) is 4.87. The summed E-state index contributed by atoms with van der Waals surface area (Å²) < 4.78 is 5.92. The van der Waals surface area contributed by atoms with Crippen LogP contribution in [0.15, 0.2) is 48.5 Å². The predicted molar refractivity (Wildman–Crippen MR) is 133 cm³/mol. The number of hydrogen-bond acceptors (Lipinski definition) is 7. The van der Waals surface area contributed by atoms with Crippen LogP contribution in [0.1, 0.15) is 52.9 Å². The minimum absolute atomic E-state index is 0.140. The predicted octanol–water partition coefficient (Wildman–Crippen LogP) is 2.45. The summed E-state index contributed by atoms with van der Waals surface area (Å²) in [6.07, 6.45) is -4.42. The molecule has 4 rings (SSSR count). The molecule has 196 valence electrons. The van der Waals surface area contributed by atoms with Gasteiger partial charge in [0.1, 0.15) is 19.0 Å². The number of benzene rings is 2. The van der Waals surface area contributed by atoms with Crippen LogP contribution in [0.25, 0.3) is 0 Å². The van der Waals surface area contributed by atoms with Crippen molar-refractivity contribution >= 4 is 23.6 Å². The average Bonchev–Trinajstić information content (AvgIpc) is 3.23. The Morgan fingerprint density at radius 1 is 1.08 bits per heavy atom. The Morgan fingerprint density at radius 2 is 1.73 bits per heavy atom. The lowest BCUT2D eigenvalue weighted by Crippen LogP contribution is -2.62. The molecule has 37 heavy (non-hydrogen) atoms. The molecule has 3 N–H and O–H groups in total. The molecule has 4 atom stereocenters. The molecule has 2 fully saturated rings. The fourth-order valence-corrected chi connectivity index (χ4v) is 4.86. The third-order valence-corrected chi connectivity index (χ3v) is 6.93. The fourth-order valence-electron chi connectivity index (χ4n) is 4.86. The Kier molecular flexibility index (Phi) is 7.44. The number of hydrogen-bond donors (Lipinski definition) is 3. The van der Waals surface area contributed by atoms with Gasteiger partial charge in [-0.25, -0.2) is 9.59 Å². The monoisotopic (exact) mass is 509 g/mol. The number of nitrogens with one attached hydrogen (secondary N) is 1. The number of nitrogens with zero attached hydrogens (tertiary/aromatic N) is 2. The van der Waals surface area contributed by atoms with Gasteiger partial charge in [0.2, 0.25) is 0 Å². The van der Waals surface area contributed by atoms with Gasteiger partial charge < -0.3 is 19.8 Å². The SMILES string of the molecule is CCCN1CN([C@H]2C[C@@](O)(C(=O)c3ccccc3C)[C@@H](C(=O)C(O)c3ccccc3C)O2)C(=O)NC1=O. The maximum absolute atomic E-state index is 13.7. The molecular weight excluding hydrogens is 478 g/mol. The van der Waals surface area contributed by atoms with Crippen LogP contribution in [0.2, 0.25) is 0 Å². The molecule has 2 heterocycles. The molecule has 2 aromatic rings. The molecule has 0 saturated carbocycles.